The molecule has 2 aliphatic rings. The molecule has 0 spiro atoms. The molecule has 130 valence electrons. The summed E-state index contributed by atoms with van der Waals surface area (Å²) in [5.74, 6) is -0.518. The highest BCUT2D eigenvalue weighted by Gasteiger charge is 2.56. The lowest BCUT2D eigenvalue weighted by atomic mass is 10.0. The second-order valence-electron chi connectivity index (χ2n) is 6.40. The standard InChI is InChI=1S/C16H25F2N3O2/c1-11-9-13(19-7-8-20(2)3)12(14(22)23-4)10-21(11)16(5-6-16)15(17)18/h9-11,15,19H,5-8H2,1-4H3. The first-order chi connectivity index (χ1) is 10.8. The number of alkyl halides is 2. The predicted octanol–water partition coefficient (Wildman–Crippen LogP) is 1.58. The quantitative estimate of drug-likeness (QED) is 0.719. The van der Waals surface area contributed by atoms with E-state index in [0.717, 1.165) is 6.54 Å². The summed E-state index contributed by atoms with van der Waals surface area (Å²) in [4.78, 5) is 15.7. The molecule has 1 aliphatic heterocycles. The molecule has 0 aromatic rings. The van der Waals surface area contributed by atoms with Gasteiger partial charge in [0.1, 0.15) is 5.54 Å². The number of hydrogen-bond acceptors (Lipinski definition) is 5. The number of nitrogens with zero attached hydrogens (tertiary/aromatic N) is 2. The molecule has 5 nitrogen and oxygen atoms in total. The highest BCUT2D eigenvalue weighted by molar-refractivity contribution is 5.93. The molecule has 1 atom stereocenters. The second kappa shape index (κ2) is 6.86. The zero-order chi connectivity index (χ0) is 17.2. The summed E-state index contributed by atoms with van der Waals surface area (Å²) in [6.45, 7) is 3.31. The Morgan fingerprint density at radius 3 is 2.65 bits per heavy atom. The molecule has 0 radical (unpaired) electrons. The molecular formula is C16H25F2N3O2. The van der Waals surface area contributed by atoms with E-state index in [1.54, 1.807) is 4.90 Å². The number of nitrogens with one attached hydrogen (secondary N) is 1. The number of carbonyl (C=O) groups excluding carboxylic acids is 1. The first-order valence-electron chi connectivity index (χ1n) is 7.79. The zero-order valence-corrected chi connectivity index (χ0v) is 14.1. The Balaban J connectivity index is 2.21. The third kappa shape index (κ3) is 3.65. The van der Waals surface area contributed by atoms with Crippen LogP contribution in [0.1, 0.15) is 19.8 Å². The molecule has 1 heterocycles. The highest BCUT2D eigenvalue weighted by Crippen LogP contribution is 2.49. The van der Waals surface area contributed by atoms with E-state index < -0.39 is 17.9 Å². The van der Waals surface area contributed by atoms with Crippen LogP contribution >= 0.6 is 0 Å². The van der Waals surface area contributed by atoms with E-state index in [0.29, 0.717) is 30.7 Å². The van der Waals surface area contributed by atoms with Crippen LogP contribution in [-0.2, 0) is 9.53 Å². The summed E-state index contributed by atoms with van der Waals surface area (Å²) in [7, 11) is 5.21. The van der Waals surface area contributed by atoms with Gasteiger partial charge in [-0.05, 0) is 39.9 Å². The summed E-state index contributed by atoms with van der Waals surface area (Å²) in [6, 6.07) is -0.207. The monoisotopic (exact) mass is 329 g/mol. The van der Waals surface area contributed by atoms with Crippen molar-refractivity contribution >= 4 is 5.97 Å². The van der Waals surface area contributed by atoms with Crippen LogP contribution < -0.4 is 5.32 Å². The average molecular weight is 329 g/mol. The smallest absolute Gasteiger partial charge is 0.341 e. The molecule has 1 fully saturated rings. The van der Waals surface area contributed by atoms with E-state index >= 15 is 0 Å². The molecule has 7 heteroatoms. The fourth-order valence-corrected chi connectivity index (χ4v) is 2.83. The molecular weight excluding hydrogens is 304 g/mol. The van der Waals surface area contributed by atoms with E-state index in [4.69, 9.17) is 4.74 Å². The number of esters is 1. The third-order valence-corrected chi connectivity index (χ3v) is 4.37. The minimum Gasteiger partial charge on any atom is -0.465 e. The maximum absolute atomic E-state index is 13.4. The third-order valence-electron chi connectivity index (χ3n) is 4.37. The largest absolute Gasteiger partial charge is 0.465 e. The van der Waals surface area contributed by atoms with Gasteiger partial charge in [0, 0.05) is 31.0 Å². The van der Waals surface area contributed by atoms with Gasteiger partial charge < -0.3 is 19.9 Å². The van der Waals surface area contributed by atoms with E-state index in [1.165, 1.54) is 13.3 Å². The maximum Gasteiger partial charge on any atom is 0.341 e. The van der Waals surface area contributed by atoms with Gasteiger partial charge in [-0.15, -0.1) is 0 Å². The molecule has 0 saturated heterocycles. The van der Waals surface area contributed by atoms with Crippen LogP contribution in [-0.4, -0.2) is 68.1 Å². The lowest BCUT2D eigenvalue weighted by Gasteiger charge is -2.38. The van der Waals surface area contributed by atoms with Crippen LogP contribution in [0.5, 0.6) is 0 Å². The van der Waals surface area contributed by atoms with Crippen LogP contribution in [0.2, 0.25) is 0 Å². The van der Waals surface area contributed by atoms with Crippen molar-refractivity contribution in [3.63, 3.8) is 0 Å². The molecule has 0 amide bonds. The Morgan fingerprint density at radius 1 is 1.52 bits per heavy atom. The summed E-state index contributed by atoms with van der Waals surface area (Å²) >= 11 is 0. The van der Waals surface area contributed by atoms with Gasteiger partial charge in [0.05, 0.1) is 12.7 Å². The van der Waals surface area contributed by atoms with Gasteiger partial charge in [0.25, 0.3) is 6.43 Å². The van der Waals surface area contributed by atoms with Crippen molar-refractivity contribution in [2.45, 2.75) is 37.8 Å². The van der Waals surface area contributed by atoms with Gasteiger partial charge in [0.2, 0.25) is 0 Å². The molecule has 1 unspecified atom stereocenters. The first kappa shape index (κ1) is 17.7. The maximum atomic E-state index is 13.4. The van der Waals surface area contributed by atoms with E-state index in [1.807, 2.05) is 32.0 Å². The fraction of sp³-hybridized carbons (Fsp3) is 0.688. The Bertz CT molecular complexity index is 513. The van der Waals surface area contributed by atoms with Gasteiger partial charge in [0.15, 0.2) is 0 Å². The van der Waals surface area contributed by atoms with Crippen molar-refractivity contribution in [1.82, 2.24) is 15.1 Å². The van der Waals surface area contributed by atoms with Crippen molar-refractivity contribution in [1.29, 1.82) is 0 Å². The van der Waals surface area contributed by atoms with Crippen LogP contribution in [0.25, 0.3) is 0 Å². The van der Waals surface area contributed by atoms with Crippen molar-refractivity contribution in [2.24, 2.45) is 0 Å². The zero-order valence-electron chi connectivity index (χ0n) is 14.1. The van der Waals surface area contributed by atoms with Crippen LogP contribution in [0.4, 0.5) is 8.78 Å². The number of rotatable bonds is 7. The van der Waals surface area contributed by atoms with E-state index in [9.17, 15) is 13.6 Å². The van der Waals surface area contributed by atoms with Crippen molar-refractivity contribution in [3.05, 3.63) is 23.5 Å². The fourth-order valence-electron chi connectivity index (χ4n) is 2.83. The van der Waals surface area contributed by atoms with Crippen LogP contribution in [0.15, 0.2) is 23.5 Å². The number of halogens is 2. The summed E-state index contributed by atoms with van der Waals surface area (Å²) in [5.41, 5.74) is -0.187. The topological polar surface area (TPSA) is 44.8 Å². The normalized spacial score (nSPS) is 22.8. The Labute approximate surface area is 135 Å². The highest BCUT2D eigenvalue weighted by atomic mass is 19.3. The minimum atomic E-state index is -2.43. The summed E-state index contributed by atoms with van der Waals surface area (Å²) in [5, 5.41) is 3.21. The van der Waals surface area contributed by atoms with Crippen LogP contribution in [0, 0.1) is 0 Å². The van der Waals surface area contributed by atoms with Gasteiger partial charge in [-0.1, -0.05) is 0 Å². The molecule has 2 rings (SSSR count). The average Bonchev–Trinajstić information content (AvgIpc) is 3.28. The molecule has 1 saturated carbocycles. The number of methoxy groups -OCH3 is 1. The molecule has 1 N–H and O–H groups in total. The summed E-state index contributed by atoms with van der Waals surface area (Å²) < 4.78 is 31.6. The lowest BCUT2D eigenvalue weighted by Crippen LogP contribution is -2.46. The van der Waals surface area contributed by atoms with Gasteiger partial charge in [-0.25, -0.2) is 13.6 Å². The van der Waals surface area contributed by atoms with E-state index in [-0.39, 0.29) is 6.04 Å². The number of carbonyl (C=O) groups is 1. The number of ether oxygens (including phenoxy) is 1. The minimum absolute atomic E-state index is 0.207. The number of hydrogen-bond donors (Lipinski definition) is 1. The Morgan fingerprint density at radius 2 is 2.17 bits per heavy atom. The SMILES string of the molecule is COC(=O)C1=CN(C2(C(F)F)CC2)C(C)C=C1NCCN(C)C. The molecule has 0 aromatic carbocycles. The van der Waals surface area contributed by atoms with Crippen molar-refractivity contribution < 1.29 is 18.3 Å². The number of likely N-dealkylation sites (N-methyl/N-ethyl adjacent to an activating group) is 1. The van der Waals surface area contributed by atoms with E-state index in [2.05, 4.69) is 5.32 Å². The van der Waals surface area contributed by atoms with Gasteiger partial charge >= 0.3 is 5.97 Å². The molecule has 0 bridgehead atoms. The van der Waals surface area contributed by atoms with Gasteiger partial charge in [-0.3, -0.25) is 0 Å². The van der Waals surface area contributed by atoms with Crippen molar-refractivity contribution in [3.8, 4) is 0 Å². The molecule has 23 heavy (non-hydrogen) atoms. The molecule has 1 aliphatic carbocycles. The Hall–Kier alpha value is -1.63. The first-order valence-corrected chi connectivity index (χ1v) is 7.79. The van der Waals surface area contributed by atoms with Crippen molar-refractivity contribution in [2.75, 3.05) is 34.3 Å². The lowest BCUT2D eigenvalue weighted by molar-refractivity contribution is -0.136. The second-order valence-corrected chi connectivity index (χ2v) is 6.40. The van der Waals surface area contributed by atoms with Gasteiger partial charge in [-0.2, -0.15) is 0 Å². The van der Waals surface area contributed by atoms with Crippen LogP contribution in [0.3, 0.4) is 0 Å². The molecule has 0 aromatic heterocycles. The predicted molar refractivity (Wildman–Crippen MR) is 84.0 cm³/mol. The summed E-state index contributed by atoms with van der Waals surface area (Å²) in [6.07, 6.45) is 1.81. The Kier molecular flexibility index (Phi) is 5.29.